The van der Waals surface area contributed by atoms with E-state index in [-0.39, 0.29) is 0 Å². The summed E-state index contributed by atoms with van der Waals surface area (Å²) in [5.74, 6) is 2.83. The highest BCUT2D eigenvalue weighted by molar-refractivity contribution is 9.11. The Hall–Kier alpha value is 0.237. The average Bonchev–Trinajstić information content (AvgIpc) is 2.51. The van der Waals surface area contributed by atoms with Crippen LogP contribution in [0.4, 0.5) is 0 Å². The van der Waals surface area contributed by atoms with Crippen LogP contribution in [0.1, 0.15) is 19.3 Å². The molecule has 0 amide bonds. The maximum Gasteiger partial charge on any atom is 0.241 e. The molecule has 1 saturated carbocycles. The standard InChI is InChI=1S/C10H17BrOSi/c1-13(2,3)12-10-8-5-4-7(6-8)9(10)11/h7-8H,4-6H2,1-3H3. The number of halogens is 1. The Morgan fingerprint density at radius 2 is 1.85 bits per heavy atom. The zero-order valence-corrected chi connectivity index (χ0v) is 11.1. The summed E-state index contributed by atoms with van der Waals surface area (Å²) in [6.45, 7) is 6.77. The summed E-state index contributed by atoms with van der Waals surface area (Å²) in [5, 5.41) is 0. The van der Waals surface area contributed by atoms with Crippen molar-refractivity contribution in [3.63, 3.8) is 0 Å². The maximum atomic E-state index is 6.12. The predicted molar refractivity (Wildman–Crippen MR) is 61.2 cm³/mol. The van der Waals surface area contributed by atoms with Crippen LogP contribution in [0.25, 0.3) is 0 Å². The molecule has 0 radical (unpaired) electrons. The van der Waals surface area contributed by atoms with Crippen molar-refractivity contribution in [2.45, 2.75) is 38.9 Å². The van der Waals surface area contributed by atoms with Crippen molar-refractivity contribution in [1.82, 2.24) is 0 Å². The lowest BCUT2D eigenvalue weighted by molar-refractivity contribution is 0.350. The summed E-state index contributed by atoms with van der Waals surface area (Å²) in [7, 11) is -1.39. The van der Waals surface area contributed by atoms with Gasteiger partial charge < -0.3 is 4.43 Å². The second-order valence-corrected chi connectivity index (χ2v) is 10.4. The highest BCUT2D eigenvalue weighted by atomic mass is 79.9. The van der Waals surface area contributed by atoms with Crippen LogP contribution in [0.5, 0.6) is 0 Å². The van der Waals surface area contributed by atoms with Crippen molar-refractivity contribution in [2.75, 3.05) is 0 Å². The Bertz CT molecular complexity index is 254. The lowest BCUT2D eigenvalue weighted by Gasteiger charge is -2.25. The minimum absolute atomic E-state index is 0.742. The maximum absolute atomic E-state index is 6.12. The van der Waals surface area contributed by atoms with Crippen LogP contribution >= 0.6 is 15.9 Å². The van der Waals surface area contributed by atoms with E-state index in [4.69, 9.17) is 4.43 Å². The zero-order valence-electron chi connectivity index (χ0n) is 8.56. The highest BCUT2D eigenvalue weighted by Gasteiger charge is 2.40. The second kappa shape index (κ2) is 3.12. The van der Waals surface area contributed by atoms with Crippen molar-refractivity contribution in [3.8, 4) is 0 Å². The van der Waals surface area contributed by atoms with Gasteiger partial charge in [-0.25, -0.2) is 0 Å². The molecular formula is C10H17BrOSi. The first-order valence-corrected chi connectivity index (χ1v) is 9.26. The first-order chi connectivity index (χ1) is 5.97. The van der Waals surface area contributed by atoms with Gasteiger partial charge in [-0.3, -0.25) is 0 Å². The van der Waals surface area contributed by atoms with Gasteiger partial charge >= 0.3 is 0 Å². The molecule has 0 aliphatic heterocycles. The summed E-state index contributed by atoms with van der Waals surface area (Å²) in [6, 6.07) is 0. The van der Waals surface area contributed by atoms with Crippen LogP contribution in [0.2, 0.25) is 19.6 Å². The molecule has 0 aromatic carbocycles. The monoisotopic (exact) mass is 260 g/mol. The molecule has 0 N–H and O–H groups in total. The summed E-state index contributed by atoms with van der Waals surface area (Å²) >= 11 is 3.69. The molecule has 74 valence electrons. The molecule has 1 nitrogen and oxygen atoms in total. The van der Waals surface area contributed by atoms with E-state index >= 15 is 0 Å². The molecule has 2 unspecified atom stereocenters. The fourth-order valence-electron chi connectivity index (χ4n) is 2.31. The van der Waals surface area contributed by atoms with Crippen molar-refractivity contribution < 1.29 is 4.43 Å². The molecule has 0 spiro atoms. The number of fused-ring (bicyclic) bond motifs is 2. The van der Waals surface area contributed by atoms with Crippen LogP contribution in [0.3, 0.4) is 0 Å². The van der Waals surface area contributed by atoms with Crippen molar-refractivity contribution in [2.24, 2.45) is 11.8 Å². The SMILES string of the molecule is C[Si](C)(C)OC1=C(Br)C2CCC1C2. The quantitative estimate of drug-likeness (QED) is 0.685. The van der Waals surface area contributed by atoms with Crippen molar-refractivity contribution >= 4 is 24.2 Å². The number of hydrogen-bond donors (Lipinski definition) is 0. The lowest BCUT2D eigenvalue weighted by Crippen LogP contribution is -2.26. The first kappa shape index (κ1) is 9.78. The van der Waals surface area contributed by atoms with Crippen LogP contribution in [-0.2, 0) is 4.43 Å². The zero-order chi connectivity index (χ0) is 9.64. The minimum Gasteiger partial charge on any atom is -0.546 e. The van der Waals surface area contributed by atoms with Gasteiger partial charge in [-0.05, 0) is 44.8 Å². The number of allylic oxidation sites excluding steroid dienone is 2. The van der Waals surface area contributed by atoms with Crippen LogP contribution in [-0.4, -0.2) is 8.32 Å². The molecule has 2 bridgehead atoms. The van der Waals surface area contributed by atoms with Crippen LogP contribution < -0.4 is 0 Å². The summed E-state index contributed by atoms with van der Waals surface area (Å²) < 4.78 is 7.50. The third-order valence-electron chi connectivity index (χ3n) is 2.81. The Morgan fingerprint density at radius 3 is 2.31 bits per heavy atom. The molecule has 0 aromatic rings. The fraction of sp³-hybridized carbons (Fsp3) is 0.800. The highest BCUT2D eigenvalue weighted by Crippen LogP contribution is 2.51. The molecule has 0 saturated heterocycles. The molecule has 2 aliphatic rings. The van der Waals surface area contributed by atoms with E-state index in [1.54, 1.807) is 0 Å². The Kier molecular flexibility index (Phi) is 2.35. The largest absolute Gasteiger partial charge is 0.546 e. The third kappa shape index (κ3) is 1.86. The lowest BCUT2D eigenvalue weighted by atomic mass is 10.1. The normalized spacial score (nSPS) is 32.9. The van der Waals surface area contributed by atoms with Crippen LogP contribution in [0, 0.1) is 11.8 Å². The van der Waals surface area contributed by atoms with Gasteiger partial charge in [0, 0.05) is 10.4 Å². The summed E-state index contributed by atoms with van der Waals surface area (Å²) in [6.07, 6.45) is 4.05. The molecule has 13 heavy (non-hydrogen) atoms. The van der Waals surface area contributed by atoms with Gasteiger partial charge in [0.15, 0.2) is 0 Å². The van der Waals surface area contributed by atoms with Gasteiger partial charge in [0.25, 0.3) is 0 Å². The van der Waals surface area contributed by atoms with E-state index in [1.165, 1.54) is 29.5 Å². The first-order valence-electron chi connectivity index (χ1n) is 5.06. The average molecular weight is 261 g/mol. The molecule has 0 aromatic heterocycles. The smallest absolute Gasteiger partial charge is 0.241 e. The minimum atomic E-state index is -1.39. The summed E-state index contributed by atoms with van der Waals surface area (Å²) in [4.78, 5) is 0. The predicted octanol–water partition coefficient (Wildman–Crippen LogP) is 3.87. The van der Waals surface area contributed by atoms with E-state index in [0.29, 0.717) is 0 Å². The van der Waals surface area contributed by atoms with Gasteiger partial charge in [0.2, 0.25) is 8.32 Å². The molecule has 1 fully saturated rings. The third-order valence-corrected chi connectivity index (χ3v) is 4.68. The van der Waals surface area contributed by atoms with E-state index in [1.807, 2.05) is 0 Å². The van der Waals surface area contributed by atoms with Crippen molar-refractivity contribution in [3.05, 3.63) is 10.2 Å². The van der Waals surface area contributed by atoms with Gasteiger partial charge in [-0.15, -0.1) is 0 Å². The number of hydrogen-bond acceptors (Lipinski definition) is 1. The topological polar surface area (TPSA) is 9.23 Å². The van der Waals surface area contributed by atoms with Gasteiger partial charge in [0.05, 0.1) is 5.76 Å². The van der Waals surface area contributed by atoms with E-state index in [9.17, 15) is 0 Å². The Morgan fingerprint density at radius 1 is 1.23 bits per heavy atom. The molecule has 2 atom stereocenters. The molecule has 2 rings (SSSR count). The van der Waals surface area contributed by atoms with Crippen LogP contribution in [0.15, 0.2) is 10.2 Å². The van der Waals surface area contributed by atoms with Gasteiger partial charge in [0.1, 0.15) is 0 Å². The second-order valence-electron chi connectivity index (χ2n) is 5.13. The Balaban J connectivity index is 2.15. The molecule has 2 aliphatic carbocycles. The molecular weight excluding hydrogens is 244 g/mol. The number of rotatable bonds is 2. The van der Waals surface area contributed by atoms with Gasteiger partial charge in [-0.1, -0.05) is 15.9 Å². The fourth-order valence-corrected chi connectivity index (χ4v) is 4.21. The van der Waals surface area contributed by atoms with E-state index in [0.717, 1.165) is 11.8 Å². The Labute approximate surface area is 89.8 Å². The molecule has 3 heteroatoms. The van der Waals surface area contributed by atoms with Crippen molar-refractivity contribution in [1.29, 1.82) is 0 Å². The van der Waals surface area contributed by atoms with E-state index in [2.05, 4.69) is 35.6 Å². The van der Waals surface area contributed by atoms with Gasteiger partial charge in [-0.2, -0.15) is 0 Å². The van der Waals surface area contributed by atoms with E-state index < -0.39 is 8.32 Å². The molecule has 0 heterocycles. The summed E-state index contributed by atoms with van der Waals surface area (Å²) in [5.41, 5.74) is 0.